The summed E-state index contributed by atoms with van der Waals surface area (Å²) < 4.78 is 31.6. The van der Waals surface area contributed by atoms with E-state index in [2.05, 4.69) is 10.6 Å². The third-order valence-electron chi connectivity index (χ3n) is 3.53. The van der Waals surface area contributed by atoms with Crippen molar-refractivity contribution in [2.75, 3.05) is 38.2 Å². The van der Waals surface area contributed by atoms with Crippen LogP contribution in [0.5, 0.6) is 0 Å². The molecule has 0 saturated carbocycles. The Balaban J connectivity index is 1.98. The highest BCUT2D eigenvalue weighted by atomic mass is 32.2. The van der Waals surface area contributed by atoms with Crippen molar-refractivity contribution in [1.29, 1.82) is 0 Å². The van der Waals surface area contributed by atoms with Gasteiger partial charge in [-0.15, -0.1) is 0 Å². The number of nitrogens with zero attached hydrogens (tertiary/aromatic N) is 1. The molecule has 0 radical (unpaired) electrons. The second kappa shape index (κ2) is 7.60. The predicted octanol–water partition coefficient (Wildman–Crippen LogP) is 1.03. The van der Waals surface area contributed by atoms with Gasteiger partial charge < -0.3 is 15.4 Å². The fourth-order valence-corrected chi connectivity index (χ4v) is 3.60. The summed E-state index contributed by atoms with van der Waals surface area (Å²) in [7, 11) is -3.51. The molecule has 8 heteroatoms. The molecule has 1 heterocycles. The summed E-state index contributed by atoms with van der Waals surface area (Å²) in [6, 6.07) is 6.22. The largest absolute Gasteiger partial charge is 0.379 e. The van der Waals surface area contributed by atoms with Crippen LogP contribution in [0.4, 0.5) is 5.69 Å². The van der Waals surface area contributed by atoms with E-state index in [0.29, 0.717) is 32.0 Å². The van der Waals surface area contributed by atoms with Gasteiger partial charge in [0.05, 0.1) is 24.7 Å². The number of carbonyl (C=O) groups is 1. The number of sulfonamides is 1. The second-order valence-electron chi connectivity index (χ2n) is 6.69. The Morgan fingerprint density at radius 1 is 1.17 bits per heavy atom. The molecule has 2 rings (SSSR count). The molecule has 24 heavy (non-hydrogen) atoms. The van der Waals surface area contributed by atoms with Gasteiger partial charge in [0, 0.05) is 24.3 Å². The highest BCUT2D eigenvalue weighted by Gasteiger charge is 2.26. The van der Waals surface area contributed by atoms with Crippen molar-refractivity contribution in [2.45, 2.75) is 31.2 Å². The molecule has 1 amide bonds. The number of rotatable bonds is 5. The average Bonchev–Trinajstić information content (AvgIpc) is 2.54. The summed E-state index contributed by atoms with van der Waals surface area (Å²) in [4.78, 5) is 12.1. The van der Waals surface area contributed by atoms with Crippen LogP contribution in [0.25, 0.3) is 0 Å². The first-order valence-electron chi connectivity index (χ1n) is 7.91. The van der Waals surface area contributed by atoms with Gasteiger partial charge in [-0.3, -0.25) is 4.79 Å². The molecule has 0 aromatic heterocycles. The van der Waals surface area contributed by atoms with Crippen LogP contribution in [-0.2, 0) is 19.6 Å². The van der Waals surface area contributed by atoms with Gasteiger partial charge >= 0.3 is 0 Å². The lowest BCUT2D eigenvalue weighted by atomic mass is 10.1. The summed E-state index contributed by atoms with van der Waals surface area (Å²) in [5.41, 5.74) is 0.421. The van der Waals surface area contributed by atoms with Crippen LogP contribution in [0.1, 0.15) is 20.8 Å². The zero-order chi connectivity index (χ0) is 17.8. The molecular formula is C16H25N3O4S. The maximum absolute atomic E-state index is 12.5. The van der Waals surface area contributed by atoms with Gasteiger partial charge in [0.1, 0.15) is 0 Å². The lowest BCUT2D eigenvalue weighted by molar-refractivity contribution is -0.115. The topological polar surface area (TPSA) is 87.7 Å². The van der Waals surface area contributed by atoms with Crippen molar-refractivity contribution in [3.63, 3.8) is 0 Å². The second-order valence-corrected chi connectivity index (χ2v) is 8.63. The highest BCUT2D eigenvalue weighted by molar-refractivity contribution is 7.89. The third kappa shape index (κ3) is 5.27. The Hall–Kier alpha value is -1.48. The zero-order valence-electron chi connectivity index (χ0n) is 14.3. The smallest absolute Gasteiger partial charge is 0.243 e. The van der Waals surface area contributed by atoms with E-state index in [1.165, 1.54) is 16.4 Å². The number of hydrogen-bond donors (Lipinski definition) is 2. The summed E-state index contributed by atoms with van der Waals surface area (Å²) in [5, 5.41) is 5.84. The fourth-order valence-electron chi connectivity index (χ4n) is 2.20. The molecule has 0 spiro atoms. The van der Waals surface area contributed by atoms with Gasteiger partial charge in [-0.05, 0) is 45.0 Å². The van der Waals surface area contributed by atoms with Crippen LogP contribution < -0.4 is 10.6 Å². The maximum atomic E-state index is 12.5. The van der Waals surface area contributed by atoms with Crippen LogP contribution in [0, 0.1) is 0 Å². The van der Waals surface area contributed by atoms with Crippen LogP contribution in [0.15, 0.2) is 29.2 Å². The van der Waals surface area contributed by atoms with Crippen molar-refractivity contribution in [3.8, 4) is 0 Å². The van der Waals surface area contributed by atoms with Crippen LogP contribution >= 0.6 is 0 Å². The molecular weight excluding hydrogens is 330 g/mol. The first-order chi connectivity index (χ1) is 11.2. The number of hydrogen-bond acceptors (Lipinski definition) is 5. The fraction of sp³-hybridized carbons (Fsp3) is 0.562. The van der Waals surface area contributed by atoms with Crippen LogP contribution in [-0.4, -0.2) is 57.0 Å². The van der Waals surface area contributed by atoms with E-state index >= 15 is 0 Å². The minimum Gasteiger partial charge on any atom is -0.379 e. The number of ether oxygens (including phenoxy) is 1. The van der Waals surface area contributed by atoms with E-state index in [-0.39, 0.29) is 22.9 Å². The Kier molecular flexibility index (Phi) is 5.97. The van der Waals surface area contributed by atoms with E-state index in [9.17, 15) is 13.2 Å². The van der Waals surface area contributed by atoms with Gasteiger partial charge in [0.15, 0.2) is 0 Å². The SMILES string of the molecule is CC(C)(C)NCC(=O)Nc1ccc(S(=O)(=O)N2CCOCC2)cc1. The van der Waals surface area contributed by atoms with E-state index in [1.54, 1.807) is 12.1 Å². The molecule has 0 bridgehead atoms. The molecule has 1 aliphatic rings. The van der Waals surface area contributed by atoms with Crippen molar-refractivity contribution in [2.24, 2.45) is 0 Å². The number of benzene rings is 1. The van der Waals surface area contributed by atoms with Crippen LogP contribution in [0.3, 0.4) is 0 Å². The van der Waals surface area contributed by atoms with E-state index in [1.807, 2.05) is 20.8 Å². The lowest BCUT2D eigenvalue weighted by Crippen LogP contribution is -2.41. The van der Waals surface area contributed by atoms with Crippen LogP contribution in [0.2, 0.25) is 0 Å². The van der Waals surface area contributed by atoms with E-state index < -0.39 is 10.0 Å². The number of anilines is 1. The monoisotopic (exact) mass is 355 g/mol. The zero-order valence-corrected chi connectivity index (χ0v) is 15.1. The Morgan fingerprint density at radius 2 is 1.75 bits per heavy atom. The summed E-state index contributed by atoms with van der Waals surface area (Å²) in [6.45, 7) is 7.67. The molecule has 1 aliphatic heterocycles. The molecule has 7 nitrogen and oxygen atoms in total. The summed E-state index contributed by atoms with van der Waals surface area (Å²) >= 11 is 0. The van der Waals surface area contributed by atoms with Crippen molar-refractivity contribution in [1.82, 2.24) is 9.62 Å². The minimum absolute atomic E-state index is 0.145. The number of morpholine rings is 1. The number of carbonyl (C=O) groups excluding carboxylic acids is 1. The highest BCUT2D eigenvalue weighted by Crippen LogP contribution is 2.19. The first-order valence-corrected chi connectivity index (χ1v) is 9.35. The molecule has 2 N–H and O–H groups in total. The van der Waals surface area contributed by atoms with Crippen molar-refractivity contribution in [3.05, 3.63) is 24.3 Å². The van der Waals surface area contributed by atoms with Gasteiger partial charge in [0.25, 0.3) is 0 Å². The minimum atomic E-state index is -3.51. The van der Waals surface area contributed by atoms with E-state index in [0.717, 1.165) is 0 Å². The normalized spacial score (nSPS) is 16.8. The standard InChI is InChI=1S/C16H25N3O4S/c1-16(2,3)17-12-15(20)18-13-4-6-14(7-5-13)24(21,22)19-8-10-23-11-9-19/h4-7,17H,8-12H2,1-3H3,(H,18,20). The maximum Gasteiger partial charge on any atom is 0.243 e. The van der Waals surface area contributed by atoms with Gasteiger partial charge in [-0.25, -0.2) is 8.42 Å². The molecule has 1 aromatic carbocycles. The Morgan fingerprint density at radius 3 is 2.29 bits per heavy atom. The Bertz CT molecular complexity index is 660. The molecule has 0 unspecified atom stereocenters. The molecule has 1 aromatic rings. The Labute approximate surface area is 143 Å². The van der Waals surface area contributed by atoms with Crippen molar-refractivity contribution >= 4 is 21.6 Å². The van der Waals surface area contributed by atoms with Gasteiger partial charge in [-0.1, -0.05) is 0 Å². The van der Waals surface area contributed by atoms with Gasteiger partial charge in [0.2, 0.25) is 15.9 Å². The quantitative estimate of drug-likeness (QED) is 0.824. The van der Waals surface area contributed by atoms with Crippen molar-refractivity contribution < 1.29 is 17.9 Å². The molecule has 0 aliphatic carbocycles. The number of amides is 1. The summed E-state index contributed by atoms with van der Waals surface area (Å²) in [5.74, 6) is -0.172. The van der Waals surface area contributed by atoms with E-state index in [4.69, 9.17) is 4.74 Å². The predicted molar refractivity (Wildman–Crippen MR) is 92.4 cm³/mol. The number of nitrogens with one attached hydrogen (secondary N) is 2. The molecule has 1 saturated heterocycles. The summed E-state index contributed by atoms with van der Waals surface area (Å²) in [6.07, 6.45) is 0. The molecule has 0 atom stereocenters. The lowest BCUT2D eigenvalue weighted by Gasteiger charge is -2.26. The molecule has 134 valence electrons. The van der Waals surface area contributed by atoms with Gasteiger partial charge in [-0.2, -0.15) is 4.31 Å². The third-order valence-corrected chi connectivity index (χ3v) is 5.44. The average molecular weight is 355 g/mol. The first kappa shape index (κ1) is 18.9. The molecule has 1 fully saturated rings.